The lowest BCUT2D eigenvalue weighted by atomic mass is 10.0. The number of ether oxygens (including phenoxy) is 2. The van der Waals surface area contributed by atoms with E-state index < -0.39 is 37.1 Å². The van der Waals surface area contributed by atoms with E-state index in [9.17, 15) is 26.4 Å². The minimum Gasteiger partial charge on any atom is -0.461 e. The lowest BCUT2D eigenvalue weighted by molar-refractivity contribution is 0.0518. The number of halogens is 1. The minimum absolute atomic E-state index is 0.0208. The molecule has 10 nitrogen and oxygen atoms in total. The van der Waals surface area contributed by atoms with E-state index >= 15 is 0 Å². The van der Waals surface area contributed by atoms with Gasteiger partial charge in [0.2, 0.25) is 0 Å². The van der Waals surface area contributed by atoms with Gasteiger partial charge in [0.25, 0.3) is 15.6 Å². The van der Waals surface area contributed by atoms with Gasteiger partial charge in [0, 0.05) is 29.8 Å². The van der Waals surface area contributed by atoms with E-state index in [2.05, 4.69) is 0 Å². The number of aryl methyl sites for hydroxylation is 3. The van der Waals surface area contributed by atoms with Crippen LogP contribution in [0.15, 0.2) is 87.5 Å². The second-order valence-electron chi connectivity index (χ2n) is 10.6. The largest absolute Gasteiger partial charge is 0.461 e. The molecular formula is C33H31ClN2O8S2. The molecule has 0 aliphatic rings. The Labute approximate surface area is 271 Å². The van der Waals surface area contributed by atoms with Crippen LogP contribution in [0.5, 0.6) is 11.5 Å². The number of esters is 1. The molecular weight excluding hydrogens is 652 g/mol. The van der Waals surface area contributed by atoms with Crippen LogP contribution in [0, 0.1) is 13.8 Å². The van der Waals surface area contributed by atoms with Crippen molar-refractivity contribution in [1.29, 1.82) is 0 Å². The van der Waals surface area contributed by atoms with Crippen LogP contribution >= 0.6 is 11.6 Å². The Hall–Kier alpha value is -4.39. The molecule has 0 unspecified atom stereocenters. The summed E-state index contributed by atoms with van der Waals surface area (Å²) in [6, 6.07) is 16.7. The summed E-state index contributed by atoms with van der Waals surface area (Å²) in [5, 5.41) is 0.371. The van der Waals surface area contributed by atoms with Gasteiger partial charge in [-0.2, -0.15) is 0 Å². The Morgan fingerprint density at radius 1 is 0.891 bits per heavy atom. The van der Waals surface area contributed by atoms with Crippen molar-refractivity contribution in [2.75, 3.05) is 12.4 Å². The van der Waals surface area contributed by atoms with Crippen LogP contribution in [0.2, 0.25) is 5.02 Å². The third-order valence-electron chi connectivity index (χ3n) is 7.49. The first-order valence-corrected chi connectivity index (χ1v) is 17.7. The number of carbonyl (C=O) groups excluding carboxylic acids is 1. The molecule has 0 atom stereocenters. The smallest absolute Gasteiger partial charge is 0.356 e. The van der Waals surface area contributed by atoms with E-state index in [1.165, 1.54) is 61.1 Å². The van der Waals surface area contributed by atoms with Crippen LogP contribution in [-0.2, 0) is 31.6 Å². The van der Waals surface area contributed by atoms with E-state index in [0.29, 0.717) is 20.3 Å². The van der Waals surface area contributed by atoms with Gasteiger partial charge in [0.15, 0.2) is 9.84 Å². The van der Waals surface area contributed by atoms with Gasteiger partial charge in [0.1, 0.15) is 22.7 Å². The molecule has 5 rings (SSSR count). The predicted octanol–water partition coefficient (Wildman–Crippen LogP) is 6.28. The molecule has 0 saturated carbocycles. The van der Waals surface area contributed by atoms with E-state index in [0.717, 1.165) is 5.56 Å². The van der Waals surface area contributed by atoms with E-state index in [4.69, 9.17) is 21.1 Å². The summed E-state index contributed by atoms with van der Waals surface area (Å²) < 4.78 is 67.7. The van der Waals surface area contributed by atoms with Crippen molar-refractivity contribution in [1.82, 2.24) is 8.54 Å². The Balaban J connectivity index is 1.91. The van der Waals surface area contributed by atoms with Gasteiger partial charge in [-0.1, -0.05) is 48.4 Å². The summed E-state index contributed by atoms with van der Waals surface area (Å²) in [6.07, 6.45) is 1.44. The zero-order valence-corrected chi connectivity index (χ0v) is 28.1. The maximum atomic E-state index is 14.2. The monoisotopic (exact) mass is 682 g/mol. The summed E-state index contributed by atoms with van der Waals surface area (Å²) in [7, 11) is -6.81. The van der Waals surface area contributed by atoms with Crippen LogP contribution < -0.4 is 10.3 Å². The van der Waals surface area contributed by atoms with Crippen LogP contribution in [0.25, 0.3) is 22.0 Å². The standard InChI is InChI=1S/C33H31ClN2O8S2/c1-6-43-33(38)28-18-25-26(19-35(5)32(37)30(25)36(28)46(41,42)22-13-11-20(3)12-14-22)24-17-23(45(39,40)7-2)15-16-29(24)44-31-21(4)9-8-10-27(31)34/h8-19H,6-7H2,1-5H3. The zero-order valence-electron chi connectivity index (χ0n) is 25.7. The average molecular weight is 683 g/mol. The summed E-state index contributed by atoms with van der Waals surface area (Å²) in [5.41, 5.74) is 0.517. The van der Waals surface area contributed by atoms with Gasteiger partial charge in [-0.05, 0) is 68.8 Å². The highest BCUT2D eigenvalue weighted by Gasteiger charge is 2.31. The third-order valence-corrected chi connectivity index (χ3v) is 11.3. The molecule has 46 heavy (non-hydrogen) atoms. The van der Waals surface area contributed by atoms with Crippen LogP contribution in [0.3, 0.4) is 0 Å². The lowest BCUT2D eigenvalue weighted by Gasteiger charge is -2.17. The number of benzene rings is 3. The number of hydrogen-bond donors (Lipinski definition) is 0. The summed E-state index contributed by atoms with van der Waals surface area (Å²) in [4.78, 5) is 26.9. The Kier molecular flexibility index (Phi) is 8.91. The lowest BCUT2D eigenvalue weighted by Crippen LogP contribution is -2.25. The van der Waals surface area contributed by atoms with Crippen molar-refractivity contribution < 1.29 is 31.1 Å². The molecule has 0 saturated heterocycles. The number of carbonyl (C=O) groups is 1. The van der Waals surface area contributed by atoms with Gasteiger partial charge in [-0.25, -0.2) is 25.6 Å². The Morgan fingerprint density at radius 3 is 2.20 bits per heavy atom. The Bertz CT molecular complexity index is 2270. The fourth-order valence-corrected chi connectivity index (χ4v) is 7.70. The average Bonchev–Trinajstić information content (AvgIpc) is 3.43. The first kappa shape index (κ1) is 33.0. The number of sulfone groups is 1. The first-order chi connectivity index (χ1) is 21.7. The van der Waals surface area contributed by atoms with Crippen LogP contribution in [-0.4, -0.2) is 43.7 Å². The van der Waals surface area contributed by atoms with Gasteiger partial charge in [-0.15, -0.1) is 0 Å². The molecule has 0 bridgehead atoms. The minimum atomic E-state index is -4.52. The maximum absolute atomic E-state index is 14.2. The molecule has 0 N–H and O–H groups in total. The van der Waals surface area contributed by atoms with Crippen molar-refractivity contribution in [3.05, 3.63) is 105 Å². The molecule has 0 aliphatic carbocycles. The second kappa shape index (κ2) is 12.4. The number of rotatable bonds is 9. The molecule has 13 heteroatoms. The SMILES string of the molecule is CCOC(=O)c1cc2c(-c3cc(S(=O)(=O)CC)ccc3Oc3c(C)cccc3Cl)cn(C)c(=O)c2n1S(=O)(=O)c1ccc(C)cc1. The van der Waals surface area contributed by atoms with Gasteiger partial charge in [-0.3, -0.25) is 4.79 Å². The van der Waals surface area contributed by atoms with Crippen molar-refractivity contribution >= 4 is 48.3 Å². The Morgan fingerprint density at radius 2 is 1.57 bits per heavy atom. The number of nitrogens with zero attached hydrogens (tertiary/aromatic N) is 2. The molecule has 0 radical (unpaired) electrons. The fourth-order valence-electron chi connectivity index (χ4n) is 5.04. The van der Waals surface area contributed by atoms with E-state index in [1.807, 2.05) is 0 Å². The molecule has 0 aliphatic heterocycles. The highest BCUT2D eigenvalue weighted by Crippen LogP contribution is 2.42. The molecule has 3 aromatic carbocycles. The van der Waals surface area contributed by atoms with Crippen molar-refractivity contribution in [2.24, 2.45) is 7.05 Å². The number of fused-ring (bicyclic) bond motifs is 1. The quantitative estimate of drug-likeness (QED) is 0.166. The summed E-state index contributed by atoms with van der Waals surface area (Å²) >= 11 is 6.46. The maximum Gasteiger partial charge on any atom is 0.356 e. The highest BCUT2D eigenvalue weighted by atomic mass is 35.5. The molecule has 0 fully saturated rings. The normalized spacial score (nSPS) is 12.0. The van der Waals surface area contributed by atoms with Crippen LogP contribution in [0.4, 0.5) is 0 Å². The van der Waals surface area contributed by atoms with E-state index in [1.54, 1.807) is 51.1 Å². The van der Waals surface area contributed by atoms with Crippen molar-refractivity contribution in [2.45, 2.75) is 37.5 Å². The van der Waals surface area contributed by atoms with Gasteiger partial charge in [0.05, 0.1) is 27.2 Å². The number of para-hydroxylation sites is 1. The number of pyridine rings is 1. The van der Waals surface area contributed by atoms with Gasteiger partial charge < -0.3 is 14.0 Å². The molecule has 240 valence electrons. The van der Waals surface area contributed by atoms with Crippen LogP contribution in [0.1, 0.15) is 35.5 Å². The zero-order chi connectivity index (χ0) is 33.6. The molecule has 2 heterocycles. The van der Waals surface area contributed by atoms with Gasteiger partial charge >= 0.3 is 5.97 Å². The first-order valence-electron chi connectivity index (χ1n) is 14.3. The molecule has 2 aromatic heterocycles. The molecule has 5 aromatic rings. The third kappa shape index (κ3) is 5.83. The van der Waals surface area contributed by atoms with E-state index in [-0.39, 0.29) is 49.9 Å². The molecule has 0 amide bonds. The summed E-state index contributed by atoms with van der Waals surface area (Å²) in [6.45, 7) is 6.62. The second-order valence-corrected chi connectivity index (χ2v) is 15.1. The summed E-state index contributed by atoms with van der Waals surface area (Å²) in [5.74, 6) is -0.646. The molecule has 0 spiro atoms. The topological polar surface area (TPSA) is 131 Å². The fraction of sp³-hybridized carbons (Fsp3) is 0.212. The van der Waals surface area contributed by atoms with Crippen molar-refractivity contribution in [3.8, 4) is 22.6 Å². The van der Waals surface area contributed by atoms with Crippen molar-refractivity contribution in [3.63, 3.8) is 0 Å². The predicted molar refractivity (Wildman–Crippen MR) is 176 cm³/mol. The highest BCUT2D eigenvalue weighted by molar-refractivity contribution is 7.91. The number of hydrogen-bond acceptors (Lipinski definition) is 8. The number of aromatic nitrogens is 2.